The molecule has 2 fully saturated rings. The maximum absolute atomic E-state index is 6.54. The Bertz CT molecular complexity index is 641. The Kier molecular flexibility index (Phi) is 3.96. The fraction of sp³-hybridized carbons (Fsp3) is 0.429. The lowest BCUT2D eigenvalue weighted by atomic mass is 9.76. The van der Waals surface area contributed by atoms with Crippen molar-refractivity contribution < 1.29 is 4.74 Å². The van der Waals surface area contributed by atoms with Crippen LogP contribution in [-0.4, -0.2) is 30.7 Å². The first kappa shape index (κ1) is 14.9. The lowest BCUT2D eigenvalue weighted by Crippen LogP contribution is -2.49. The van der Waals surface area contributed by atoms with Gasteiger partial charge in [-0.2, -0.15) is 0 Å². The summed E-state index contributed by atoms with van der Waals surface area (Å²) in [5, 5.41) is 0. The van der Waals surface area contributed by atoms with Crippen LogP contribution in [-0.2, 0) is 4.74 Å². The van der Waals surface area contributed by atoms with Gasteiger partial charge in [0.15, 0.2) is 0 Å². The highest BCUT2D eigenvalue weighted by Gasteiger charge is 2.50. The van der Waals surface area contributed by atoms with E-state index in [0.717, 1.165) is 19.6 Å². The fourth-order valence-corrected chi connectivity index (χ4v) is 4.59. The van der Waals surface area contributed by atoms with Crippen LogP contribution in [0, 0.1) is 0 Å². The van der Waals surface area contributed by atoms with Crippen LogP contribution in [0.1, 0.15) is 42.3 Å². The Morgan fingerprint density at radius 1 is 0.957 bits per heavy atom. The molecule has 0 aliphatic carbocycles. The van der Waals surface area contributed by atoms with Gasteiger partial charge >= 0.3 is 0 Å². The minimum Gasteiger partial charge on any atom is -0.372 e. The first-order valence-electron chi connectivity index (χ1n) is 8.73. The van der Waals surface area contributed by atoms with Gasteiger partial charge in [0.1, 0.15) is 0 Å². The Morgan fingerprint density at radius 3 is 2.30 bits per heavy atom. The first-order chi connectivity index (χ1) is 11.3. The van der Waals surface area contributed by atoms with Crippen molar-refractivity contribution >= 4 is 0 Å². The number of ether oxygens (including phenoxy) is 1. The molecule has 2 aromatic rings. The first-order valence-corrected chi connectivity index (χ1v) is 8.73. The molecule has 23 heavy (non-hydrogen) atoms. The minimum atomic E-state index is -0.0329. The van der Waals surface area contributed by atoms with Crippen molar-refractivity contribution in [1.29, 1.82) is 0 Å². The molecular weight excluding hydrogens is 282 g/mol. The van der Waals surface area contributed by atoms with Crippen molar-refractivity contribution in [3.8, 4) is 0 Å². The molecule has 0 aromatic heterocycles. The van der Waals surface area contributed by atoms with Gasteiger partial charge in [0.2, 0.25) is 0 Å². The van der Waals surface area contributed by atoms with Gasteiger partial charge in [-0.05, 0) is 44.0 Å². The summed E-state index contributed by atoms with van der Waals surface area (Å²) in [5.74, 6) is 0.522. The zero-order chi connectivity index (χ0) is 15.7. The second-order valence-electron chi connectivity index (χ2n) is 7.08. The van der Waals surface area contributed by atoms with Gasteiger partial charge in [0.05, 0.1) is 18.2 Å². The van der Waals surface area contributed by atoms with Crippen molar-refractivity contribution in [2.75, 3.05) is 20.2 Å². The molecule has 3 unspecified atom stereocenters. The largest absolute Gasteiger partial charge is 0.372 e. The standard InChI is InChI=1S/C21H25NO/c1-22-14-8-13-21(20(22)18-11-6-3-7-12-18)15-19(16-23-21)17-9-4-2-5-10-17/h2-7,9-12,19-20H,8,13-16H2,1H3. The van der Waals surface area contributed by atoms with Crippen LogP contribution in [0.4, 0.5) is 0 Å². The van der Waals surface area contributed by atoms with Crippen molar-refractivity contribution in [2.24, 2.45) is 0 Å². The number of likely N-dealkylation sites (N-methyl/N-ethyl adjacent to an activating group) is 1. The number of nitrogens with zero attached hydrogens (tertiary/aromatic N) is 1. The number of hydrogen-bond acceptors (Lipinski definition) is 2. The van der Waals surface area contributed by atoms with Crippen molar-refractivity contribution in [2.45, 2.75) is 36.8 Å². The molecule has 2 saturated heterocycles. The Labute approximate surface area is 139 Å². The summed E-state index contributed by atoms with van der Waals surface area (Å²) in [6, 6.07) is 22.1. The van der Waals surface area contributed by atoms with Gasteiger partial charge in [-0.3, -0.25) is 4.90 Å². The molecule has 2 heterocycles. The maximum atomic E-state index is 6.54. The van der Waals surface area contributed by atoms with E-state index in [9.17, 15) is 0 Å². The van der Waals surface area contributed by atoms with E-state index < -0.39 is 0 Å². The second kappa shape index (κ2) is 6.10. The van der Waals surface area contributed by atoms with Gasteiger partial charge in [0, 0.05) is 5.92 Å². The Balaban J connectivity index is 1.65. The summed E-state index contributed by atoms with van der Waals surface area (Å²) in [6.45, 7) is 2.00. The third-order valence-electron chi connectivity index (χ3n) is 5.60. The number of hydrogen-bond donors (Lipinski definition) is 0. The third-order valence-corrected chi connectivity index (χ3v) is 5.60. The predicted octanol–water partition coefficient (Wildman–Crippen LogP) is 4.40. The highest BCUT2D eigenvalue weighted by molar-refractivity contribution is 5.27. The van der Waals surface area contributed by atoms with Crippen molar-refractivity contribution in [3.63, 3.8) is 0 Å². The zero-order valence-corrected chi connectivity index (χ0v) is 13.8. The lowest BCUT2D eigenvalue weighted by molar-refractivity contribution is -0.0902. The van der Waals surface area contributed by atoms with Gasteiger partial charge in [-0.15, -0.1) is 0 Å². The Hall–Kier alpha value is -1.64. The highest BCUT2D eigenvalue weighted by atomic mass is 16.5. The topological polar surface area (TPSA) is 12.5 Å². The predicted molar refractivity (Wildman–Crippen MR) is 93.5 cm³/mol. The monoisotopic (exact) mass is 307 g/mol. The molecule has 0 N–H and O–H groups in total. The van der Waals surface area contributed by atoms with E-state index in [1.165, 1.54) is 24.0 Å². The molecule has 2 aliphatic heterocycles. The summed E-state index contributed by atoms with van der Waals surface area (Å²) >= 11 is 0. The number of likely N-dealkylation sites (tertiary alicyclic amines) is 1. The molecule has 2 heteroatoms. The van der Waals surface area contributed by atoms with Gasteiger partial charge in [-0.1, -0.05) is 60.7 Å². The van der Waals surface area contributed by atoms with E-state index >= 15 is 0 Å². The highest BCUT2D eigenvalue weighted by Crippen LogP contribution is 2.50. The van der Waals surface area contributed by atoms with Gasteiger partial charge in [0.25, 0.3) is 0 Å². The molecular formula is C21H25NO. The molecule has 0 bridgehead atoms. The minimum absolute atomic E-state index is 0.0329. The van der Waals surface area contributed by atoms with E-state index in [1.807, 2.05) is 0 Å². The summed E-state index contributed by atoms with van der Waals surface area (Å²) in [4.78, 5) is 2.49. The molecule has 0 amide bonds. The van der Waals surface area contributed by atoms with E-state index in [-0.39, 0.29) is 5.60 Å². The van der Waals surface area contributed by atoms with E-state index in [0.29, 0.717) is 12.0 Å². The molecule has 2 nitrogen and oxygen atoms in total. The SMILES string of the molecule is CN1CCCC2(CC(c3ccccc3)CO2)C1c1ccccc1. The lowest BCUT2D eigenvalue weighted by Gasteiger charge is -2.46. The number of piperidine rings is 1. The smallest absolute Gasteiger partial charge is 0.0885 e. The van der Waals surface area contributed by atoms with Crippen LogP contribution in [0.5, 0.6) is 0 Å². The molecule has 1 spiro atoms. The summed E-state index contributed by atoms with van der Waals surface area (Å²) < 4.78 is 6.54. The third kappa shape index (κ3) is 2.71. The molecule has 0 saturated carbocycles. The van der Waals surface area contributed by atoms with Gasteiger partial charge in [-0.25, -0.2) is 0 Å². The average Bonchev–Trinajstić information content (AvgIpc) is 3.01. The number of rotatable bonds is 2. The van der Waals surface area contributed by atoms with Crippen LogP contribution in [0.25, 0.3) is 0 Å². The second-order valence-corrected chi connectivity index (χ2v) is 7.08. The van der Waals surface area contributed by atoms with Crippen LogP contribution < -0.4 is 0 Å². The molecule has 2 aliphatic rings. The van der Waals surface area contributed by atoms with E-state index in [4.69, 9.17) is 4.74 Å². The summed E-state index contributed by atoms with van der Waals surface area (Å²) in [7, 11) is 2.25. The molecule has 120 valence electrons. The van der Waals surface area contributed by atoms with E-state index in [1.54, 1.807) is 0 Å². The number of benzene rings is 2. The zero-order valence-electron chi connectivity index (χ0n) is 13.8. The van der Waals surface area contributed by atoms with Crippen molar-refractivity contribution in [1.82, 2.24) is 4.90 Å². The van der Waals surface area contributed by atoms with Crippen molar-refractivity contribution in [3.05, 3.63) is 71.8 Å². The quantitative estimate of drug-likeness (QED) is 0.815. The average molecular weight is 307 g/mol. The molecule has 4 rings (SSSR count). The normalized spacial score (nSPS) is 31.5. The summed E-state index contributed by atoms with van der Waals surface area (Å²) in [5.41, 5.74) is 2.78. The van der Waals surface area contributed by atoms with Crippen LogP contribution in [0.2, 0.25) is 0 Å². The fourth-order valence-electron chi connectivity index (χ4n) is 4.59. The molecule has 2 aromatic carbocycles. The molecule has 3 atom stereocenters. The van der Waals surface area contributed by atoms with Crippen LogP contribution in [0.3, 0.4) is 0 Å². The Morgan fingerprint density at radius 2 is 1.61 bits per heavy atom. The van der Waals surface area contributed by atoms with Gasteiger partial charge < -0.3 is 4.74 Å². The van der Waals surface area contributed by atoms with E-state index in [2.05, 4.69) is 72.6 Å². The van der Waals surface area contributed by atoms with Crippen LogP contribution in [0.15, 0.2) is 60.7 Å². The maximum Gasteiger partial charge on any atom is 0.0885 e. The summed E-state index contributed by atoms with van der Waals surface area (Å²) in [6.07, 6.45) is 3.52. The van der Waals surface area contributed by atoms with Crippen LogP contribution >= 0.6 is 0 Å². The molecule has 0 radical (unpaired) electrons.